The van der Waals surface area contributed by atoms with Crippen molar-refractivity contribution in [2.45, 2.75) is 38.5 Å². The van der Waals surface area contributed by atoms with Gasteiger partial charge in [0.05, 0.1) is 6.04 Å². The molecular formula is C17H23NOSi. The van der Waals surface area contributed by atoms with Crippen molar-refractivity contribution < 1.29 is 4.79 Å². The smallest absolute Gasteiger partial charge is 0.135 e. The highest BCUT2D eigenvalue weighted by molar-refractivity contribution is 6.83. The van der Waals surface area contributed by atoms with Crippen LogP contribution in [0.25, 0.3) is 0 Å². The van der Waals surface area contributed by atoms with Crippen molar-refractivity contribution in [2.75, 3.05) is 13.1 Å². The third-order valence-corrected chi connectivity index (χ3v) is 4.31. The van der Waals surface area contributed by atoms with E-state index in [-0.39, 0.29) is 6.04 Å². The number of rotatable bonds is 2. The Hall–Kier alpha value is -1.37. The number of carbonyl (C=O) groups excluding carboxylic acids is 1. The molecule has 20 heavy (non-hydrogen) atoms. The molecule has 0 amide bonds. The summed E-state index contributed by atoms with van der Waals surface area (Å²) in [6, 6.07) is 10.6. The van der Waals surface area contributed by atoms with Crippen molar-refractivity contribution in [1.29, 1.82) is 0 Å². The highest BCUT2D eigenvalue weighted by Crippen LogP contribution is 2.23. The van der Waals surface area contributed by atoms with Crippen LogP contribution in [0.1, 0.15) is 24.4 Å². The van der Waals surface area contributed by atoms with Gasteiger partial charge in [0.1, 0.15) is 13.9 Å². The van der Waals surface area contributed by atoms with Gasteiger partial charge in [-0.05, 0) is 5.56 Å². The Balaban J connectivity index is 2.24. The summed E-state index contributed by atoms with van der Waals surface area (Å²) in [5, 5.41) is 0. The van der Waals surface area contributed by atoms with Gasteiger partial charge in [0, 0.05) is 25.9 Å². The fourth-order valence-corrected chi connectivity index (χ4v) is 2.91. The Morgan fingerprint density at radius 1 is 1.10 bits per heavy atom. The number of nitrogens with zero attached hydrogens (tertiary/aromatic N) is 1. The summed E-state index contributed by atoms with van der Waals surface area (Å²) >= 11 is 0. The molecule has 0 spiro atoms. The molecule has 1 heterocycles. The van der Waals surface area contributed by atoms with Gasteiger partial charge in [-0.25, -0.2) is 0 Å². The summed E-state index contributed by atoms with van der Waals surface area (Å²) in [6.45, 7) is 8.46. The quantitative estimate of drug-likeness (QED) is 0.614. The zero-order chi connectivity index (χ0) is 14.6. The van der Waals surface area contributed by atoms with Crippen LogP contribution in [0.2, 0.25) is 19.6 Å². The first-order valence-corrected chi connectivity index (χ1v) is 10.8. The molecule has 1 aromatic rings. The van der Waals surface area contributed by atoms with E-state index in [9.17, 15) is 4.79 Å². The Bertz CT molecular complexity index is 511. The van der Waals surface area contributed by atoms with Crippen LogP contribution in [0.5, 0.6) is 0 Å². The van der Waals surface area contributed by atoms with Gasteiger partial charge in [0.25, 0.3) is 0 Å². The van der Waals surface area contributed by atoms with E-state index < -0.39 is 8.07 Å². The first kappa shape index (κ1) is 15.0. The molecule has 3 heteroatoms. The van der Waals surface area contributed by atoms with Crippen molar-refractivity contribution in [3.8, 4) is 11.5 Å². The number of carbonyl (C=O) groups is 1. The van der Waals surface area contributed by atoms with Crippen molar-refractivity contribution in [3.05, 3.63) is 35.9 Å². The van der Waals surface area contributed by atoms with E-state index in [1.165, 1.54) is 5.56 Å². The Morgan fingerprint density at radius 3 is 2.25 bits per heavy atom. The minimum Gasteiger partial charge on any atom is -0.300 e. The SMILES string of the molecule is C[Si](C)(C)C#C[C@@H](c1ccccc1)N1CCC(=O)CC1. The van der Waals surface area contributed by atoms with Crippen LogP contribution in [0, 0.1) is 11.5 Å². The number of Topliss-reactive ketones (excluding diaryl/α,β-unsaturated/α-hetero) is 1. The van der Waals surface area contributed by atoms with Crippen LogP contribution in [0.4, 0.5) is 0 Å². The minimum absolute atomic E-state index is 0.135. The maximum Gasteiger partial charge on any atom is 0.135 e. The van der Waals surface area contributed by atoms with E-state index in [0.29, 0.717) is 18.6 Å². The molecule has 0 aliphatic carbocycles. The molecule has 1 fully saturated rings. The van der Waals surface area contributed by atoms with Crippen LogP contribution in [0.15, 0.2) is 30.3 Å². The van der Waals surface area contributed by atoms with E-state index in [1.807, 2.05) is 6.07 Å². The molecule has 0 radical (unpaired) electrons. The highest BCUT2D eigenvalue weighted by Gasteiger charge is 2.23. The van der Waals surface area contributed by atoms with E-state index in [2.05, 4.69) is 60.3 Å². The number of hydrogen-bond donors (Lipinski definition) is 0. The number of benzene rings is 1. The van der Waals surface area contributed by atoms with Gasteiger partial charge in [0.2, 0.25) is 0 Å². The van der Waals surface area contributed by atoms with Gasteiger partial charge in [0.15, 0.2) is 0 Å². The average molecular weight is 285 g/mol. The van der Waals surface area contributed by atoms with Gasteiger partial charge in [-0.2, -0.15) is 0 Å². The molecule has 0 N–H and O–H groups in total. The lowest BCUT2D eigenvalue weighted by Gasteiger charge is -2.31. The summed E-state index contributed by atoms with van der Waals surface area (Å²) < 4.78 is 0. The third-order valence-electron chi connectivity index (χ3n) is 3.42. The van der Waals surface area contributed by atoms with Crippen molar-refractivity contribution in [2.24, 2.45) is 0 Å². The fourth-order valence-electron chi connectivity index (χ4n) is 2.34. The predicted molar refractivity (Wildman–Crippen MR) is 86.1 cm³/mol. The van der Waals surface area contributed by atoms with Gasteiger partial charge in [-0.1, -0.05) is 55.9 Å². The van der Waals surface area contributed by atoms with Gasteiger partial charge in [-0.3, -0.25) is 9.69 Å². The third kappa shape index (κ3) is 4.33. The first-order valence-electron chi connectivity index (χ1n) is 7.29. The number of likely N-dealkylation sites (tertiary alicyclic amines) is 1. The second-order valence-electron chi connectivity index (χ2n) is 6.41. The lowest BCUT2D eigenvalue weighted by Crippen LogP contribution is -2.36. The molecule has 0 saturated carbocycles. The average Bonchev–Trinajstić information content (AvgIpc) is 2.41. The molecule has 2 nitrogen and oxygen atoms in total. The monoisotopic (exact) mass is 285 g/mol. The van der Waals surface area contributed by atoms with E-state index in [1.54, 1.807) is 0 Å². The molecule has 106 valence electrons. The van der Waals surface area contributed by atoms with Crippen molar-refractivity contribution >= 4 is 13.9 Å². The standard InChI is InChI=1S/C17H23NOSi/c1-20(2,3)14-11-17(15-7-5-4-6-8-15)18-12-9-16(19)10-13-18/h4-8,17H,9-10,12-13H2,1-3H3/t17-/m0/s1. The Morgan fingerprint density at radius 2 is 1.70 bits per heavy atom. The van der Waals surface area contributed by atoms with E-state index in [4.69, 9.17) is 0 Å². The molecule has 0 aromatic heterocycles. The van der Waals surface area contributed by atoms with Gasteiger partial charge < -0.3 is 0 Å². The van der Waals surface area contributed by atoms with Gasteiger partial charge in [-0.15, -0.1) is 5.54 Å². The fraction of sp³-hybridized carbons (Fsp3) is 0.471. The predicted octanol–water partition coefficient (Wildman–Crippen LogP) is 3.27. The van der Waals surface area contributed by atoms with Crippen LogP contribution in [0.3, 0.4) is 0 Å². The molecule has 1 atom stereocenters. The largest absolute Gasteiger partial charge is 0.300 e. The second-order valence-corrected chi connectivity index (χ2v) is 11.2. The van der Waals surface area contributed by atoms with Crippen LogP contribution >= 0.6 is 0 Å². The highest BCUT2D eigenvalue weighted by atomic mass is 28.3. The molecule has 2 rings (SSSR count). The van der Waals surface area contributed by atoms with Crippen LogP contribution in [-0.4, -0.2) is 31.8 Å². The molecule has 1 aromatic carbocycles. The van der Waals surface area contributed by atoms with Crippen molar-refractivity contribution in [3.63, 3.8) is 0 Å². The zero-order valence-electron chi connectivity index (χ0n) is 12.6. The topological polar surface area (TPSA) is 20.3 Å². The normalized spacial score (nSPS) is 18.2. The molecule has 0 unspecified atom stereocenters. The lowest BCUT2D eigenvalue weighted by atomic mass is 10.0. The molecule has 1 aliphatic rings. The minimum atomic E-state index is -1.38. The zero-order valence-corrected chi connectivity index (χ0v) is 13.6. The number of ketones is 1. The van der Waals surface area contributed by atoms with Gasteiger partial charge >= 0.3 is 0 Å². The van der Waals surface area contributed by atoms with Crippen LogP contribution < -0.4 is 0 Å². The summed E-state index contributed by atoms with van der Waals surface area (Å²) in [5.74, 6) is 3.87. The lowest BCUT2D eigenvalue weighted by molar-refractivity contribution is -0.121. The van der Waals surface area contributed by atoms with Crippen LogP contribution in [-0.2, 0) is 4.79 Å². The summed E-state index contributed by atoms with van der Waals surface area (Å²) in [4.78, 5) is 13.8. The van der Waals surface area contributed by atoms with Crippen molar-refractivity contribution in [1.82, 2.24) is 4.90 Å². The summed E-state index contributed by atoms with van der Waals surface area (Å²) in [7, 11) is -1.38. The van der Waals surface area contributed by atoms with E-state index >= 15 is 0 Å². The maximum atomic E-state index is 11.4. The Kier molecular flexibility index (Phi) is 4.80. The summed E-state index contributed by atoms with van der Waals surface area (Å²) in [6.07, 6.45) is 1.33. The van der Waals surface area contributed by atoms with E-state index in [0.717, 1.165) is 13.1 Å². The number of piperidine rings is 1. The summed E-state index contributed by atoms with van der Waals surface area (Å²) in [5.41, 5.74) is 4.73. The Labute approximate surface area is 123 Å². The molecular weight excluding hydrogens is 262 g/mol. The molecule has 1 aliphatic heterocycles. The first-order chi connectivity index (χ1) is 9.46. The molecule has 0 bridgehead atoms. The maximum absolute atomic E-state index is 11.4. The molecule has 1 saturated heterocycles. The second kappa shape index (κ2) is 6.38. The number of hydrogen-bond acceptors (Lipinski definition) is 2.